The molecule has 0 bridgehead atoms. The molecule has 0 saturated carbocycles. The Bertz CT molecular complexity index is 859. The number of likely N-dealkylation sites (tertiary alicyclic amines) is 1. The standard InChI is InChI=1S/C21H30N6O2/c1-15(2)20(29)26-11-5-6-18(26)19-16(14-23-27(19)12-13-28)17-7-8-22-21(24-17)25-9-3-4-10-25/h7-8,14-15,18,28H,3-6,9-13H2,1-2H3/t18-/m1/s1. The van der Waals surface area contributed by atoms with Gasteiger partial charge in [-0.25, -0.2) is 9.97 Å². The van der Waals surface area contributed by atoms with E-state index >= 15 is 0 Å². The van der Waals surface area contributed by atoms with Gasteiger partial charge in [0.15, 0.2) is 0 Å². The van der Waals surface area contributed by atoms with Crippen LogP contribution in [0.4, 0.5) is 5.95 Å². The van der Waals surface area contributed by atoms with Crippen LogP contribution in [0, 0.1) is 5.92 Å². The highest BCUT2D eigenvalue weighted by molar-refractivity contribution is 5.79. The van der Waals surface area contributed by atoms with Crippen LogP contribution in [0.5, 0.6) is 0 Å². The molecule has 1 N–H and O–H groups in total. The molecule has 2 aliphatic rings. The van der Waals surface area contributed by atoms with Gasteiger partial charge in [-0.1, -0.05) is 13.8 Å². The molecule has 156 valence electrons. The van der Waals surface area contributed by atoms with Gasteiger partial charge in [-0.2, -0.15) is 5.10 Å². The van der Waals surface area contributed by atoms with Crippen LogP contribution < -0.4 is 4.90 Å². The Morgan fingerprint density at radius 3 is 2.76 bits per heavy atom. The molecule has 0 radical (unpaired) electrons. The van der Waals surface area contributed by atoms with E-state index in [4.69, 9.17) is 4.98 Å². The van der Waals surface area contributed by atoms with Crippen molar-refractivity contribution in [2.24, 2.45) is 5.92 Å². The van der Waals surface area contributed by atoms with Gasteiger partial charge < -0.3 is 14.9 Å². The predicted molar refractivity (Wildman–Crippen MR) is 110 cm³/mol. The predicted octanol–water partition coefficient (Wildman–Crippen LogP) is 2.25. The van der Waals surface area contributed by atoms with E-state index in [1.165, 1.54) is 12.8 Å². The van der Waals surface area contributed by atoms with E-state index in [1.807, 2.05) is 35.7 Å². The molecule has 4 rings (SSSR count). The summed E-state index contributed by atoms with van der Waals surface area (Å²) in [6.45, 7) is 7.02. The van der Waals surface area contributed by atoms with E-state index in [1.54, 1.807) is 6.20 Å². The molecule has 2 aromatic rings. The number of rotatable bonds is 6. The molecule has 4 heterocycles. The van der Waals surface area contributed by atoms with Crippen LogP contribution in [0.3, 0.4) is 0 Å². The number of hydrogen-bond donors (Lipinski definition) is 1. The van der Waals surface area contributed by atoms with Crippen molar-refractivity contribution in [1.29, 1.82) is 0 Å². The molecule has 29 heavy (non-hydrogen) atoms. The maximum Gasteiger partial charge on any atom is 0.225 e. The van der Waals surface area contributed by atoms with Crippen molar-refractivity contribution in [3.8, 4) is 11.3 Å². The topological polar surface area (TPSA) is 87.4 Å². The molecule has 0 aliphatic carbocycles. The van der Waals surface area contributed by atoms with Gasteiger partial charge >= 0.3 is 0 Å². The fourth-order valence-corrected chi connectivity index (χ4v) is 4.43. The van der Waals surface area contributed by atoms with Crippen LogP contribution in [0.15, 0.2) is 18.5 Å². The number of amides is 1. The average molecular weight is 399 g/mol. The minimum Gasteiger partial charge on any atom is -0.394 e. The summed E-state index contributed by atoms with van der Waals surface area (Å²) < 4.78 is 1.84. The number of nitrogens with zero attached hydrogens (tertiary/aromatic N) is 6. The average Bonchev–Trinajstić information content (AvgIpc) is 3.47. The molecule has 1 atom stereocenters. The van der Waals surface area contributed by atoms with Crippen molar-refractivity contribution >= 4 is 11.9 Å². The van der Waals surface area contributed by atoms with Gasteiger partial charge in [0, 0.05) is 37.3 Å². The fourth-order valence-electron chi connectivity index (χ4n) is 4.43. The van der Waals surface area contributed by atoms with Crippen molar-refractivity contribution in [2.45, 2.75) is 52.1 Å². The third-order valence-electron chi connectivity index (χ3n) is 5.85. The summed E-state index contributed by atoms with van der Waals surface area (Å²) in [5.74, 6) is 0.868. The lowest BCUT2D eigenvalue weighted by molar-refractivity contribution is -0.135. The number of aliphatic hydroxyl groups excluding tert-OH is 1. The molecule has 2 aromatic heterocycles. The van der Waals surface area contributed by atoms with Crippen molar-refractivity contribution in [3.05, 3.63) is 24.2 Å². The number of anilines is 1. The second kappa shape index (κ2) is 8.49. The zero-order valence-electron chi connectivity index (χ0n) is 17.3. The number of aromatic nitrogens is 4. The molecule has 1 amide bonds. The van der Waals surface area contributed by atoms with Crippen LogP contribution in [0.25, 0.3) is 11.3 Å². The first kappa shape index (κ1) is 19.8. The van der Waals surface area contributed by atoms with Crippen molar-refractivity contribution < 1.29 is 9.90 Å². The molecule has 2 saturated heterocycles. The van der Waals surface area contributed by atoms with E-state index in [0.29, 0.717) is 6.54 Å². The van der Waals surface area contributed by atoms with Gasteiger partial charge in [0.05, 0.1) is 36.8 Å². The minimum atomic E-state index is -0.0471. The van der Waals surface area contributed by atoms with Crippen molar-refractivity contribution in [1.82, 2.24) is 24.6 Å². The van der Waals surface area contributed by atoms with Gasteiger partial charge in [0.1, 0.15) is 0 Å². The quantitative estimate of drug-likeness (QED) is 0.803. The van der Waals surface area contributed by atoms with E-state index in [9.17, 15) is 9.90 Å². The van der Waals surface area contributed by atoms with Gasteiger partial charge in [0.2, 0.25) is 11.9 Å². The number of hydrogen-bond acceptors (Lipinski definition) is 6. The number of carbonyl (C=O) groups excluding carboxylic acids is 1. The van der Waals surface area contributed by atoms with Crippen molar-refractivity contribution in [3.63, 3.8) is 0 Å². The minimum absolute atomic E-state index is 0.00175. The van der Waals surface area contributed by atoms with E-state index in [0.717, 1.165) is 55.4 Å². The Morgan fingerprint density at radius 2 is 2.03 bits per heavy atom. The first-order valence-corrected chi connectivity index (χ1v) is 10.7. The zero-order valence-corrected chi connectivity index (χ0v) is 17.3. The lowest BCUT2D eigenvalue weighted by Crippen LogP contribution is -2.35. The first-order chi connectivity index (χ1) is 14.1. The third kappa shape index (κ3) is 3.85. The lowest BCUT2D eigenvalue weighted by atomic mass is 10.0. The molecule has 0 unspecified atom stereocenters. The second-order valence-electron chi connectivity index (χ2n) is 8.17. The second-order valence-corrected chi connectivity index (χ2v) is 8.17. The highest BCUT2D eigenvalue weighted by Crippen LogP contribution is 2.38. The number of aliphatic hydroxyl groups is 1. The monoisotopic (exact) mass is 398 g/mol. The smallest absolute Gasteiger partial charge is 0.225 e. The van der Waals surface area contributed by atoms with Gasteiger partial charge in [-0.3, -0.25) is 9.48 Å². The summed E-state index contributed by atoms with van der Waals surface area (Å²) in [5.41, 5.74) is 2.72. The Hall–Kier alpha value is -2.48. The summed E-state index contributed by atoms with van der Waals surface area (Å²) in [6, 6.07) is 1.87. The van der Waals surface area contributed by atoms with Crippen LogP contribution in [-0.2, 0) is 11.3 Å². The van der Waals surface area contributed by atoms with E-state index in [-0.39, 0.29) is 24.5 Å². The summed E-state index contributed by atoms with van der Waals surface area (Å²) in [4.78, 5) is 26.3. The highest BCUT2D eigenvalue weighted by Gasteiger charge is 2.35. The van der Waals surface area contributed by atoms with Gasteiger partial charge in [0.25, 0.3) is 0 Å². The summed E-state index contributed by atoms with van der Waals surface area (Å²) in [5, 5.41) is 14.1. The van der Waals surface area contributed by atoms with Crippen LogP contribution in [-0.4, -0.2) is 61.9 Å². The highest BCUT2D eigenvalue weighted by atomic mass is 16.3. The van der Waals surface area contributed by atoms with Gasteiger partial charge in [-0.15, -0.1) is 0 Å². The maximum absolute atomic E-state index is 12.8. The lowest BCUT2D eigenvalue weighted by Gasteiger charge is -2.28. The summed E-state index contributed by atoms with van der Waals surface area (Å²) in [7, 11) is 0. The Balaban J connectivity index is 1.74. The Kier molecular flexibility index (Phi) is 5.80. The molecule has 0 aromatic carbocycles. The van der Waals surface area contributed by atoms with Crippen LogP contribution in [0.2, 0.25) is 0 Å². The zero-order chi connectivity index (χ0) is 20.4. The normalized spacial score (nSPS) is 19.5. The van der Waals surface area contributed by atoms with Crippen LogP contribution in [0.1, 0.15) is 51.3 Å². The maximum atomic E-state index is 12.8. The molecule has 8 heteroatoms. The SMILES string of the molecule is CC(C)C(=O)N1CCC[C@@H]1c1c(-c2ccnc(N3CCCC3)n2)cnn1CCO. The third-order valence-corrected chi connectivity index (χ3v) is 5.85. The molecule has 2 fully saturated rings. The molecule has 2 aliphatic heterocycles. The number of carbonyl (C=O) groups is 1. The van der Waals surface area contributed by atoms with Crippen molar-refractivity contribution in [2.75, 3.05) is 31.1 Å². The van der Waals surface area contributed by atoms with Gasteiger partial charge in [-0.05, 0) is 31.7 Å². The first-order valence-electron chi connectivity index (χ1n) is 10.7. The van der Waals surface area contributed by atoms with E-state index < -0.39 is 0 Å². The molecule has 0 spiro atoms. The fraction of sp³-hybridized carbons (Fsp3) is 0.619. The molecular formula is C21H30N6O2. The van der Waals surface area contributed by atoms with E-state index in [2.05, 4.69) is 15.0 Å². The summed E-state index contributed by atoms with van der Waals surface area (Å²) in [6.07, 6.45) is 7.82. The van der Waals surface area contributed by atoms with Crippen LogP contribution >= 0.6 is 0 Å². The molecular weight excluding hydrogens is 368 g/mol. The summed E-state index contributed by atoms with van der Waals surface area (Å²) >= 11 is 0. The largest absolute Gasteiger partial charge is 0.394 e. The Labute approximate surface area is 171 Å². The molecule has 8 nitrogen and oxygen atoms in total. The Morgan fingerprint density at radius 1 is 1.24 bits per heavy atom.